The number of piperidine rings is 1. The maximum absolute atomic E-state index is 12.1. The summed E-state index contributed by atoms with van der Waals surface area (Å²) in [5.74, 6) is 1.21. The van der Waals surface area contributed by atoms with Gasteiger partial charge in [-0.05, 0) is 80.4 Å². The highest BCUT2D eigenvalue weighted by molar-refractivity contribution is 6.00. The molecule has 0 unspecified atom stereocenters. The Labute approximate surface area is 190 Å². The molecule has 1 amide bonds. The molecule has 0 bridgehead atoms. The van der Waals surface area contributed by atoms with Crippen LogP contribution >= 0.6 is 0 Å². The second-order valence-corrected chi connectivity index (χ2v) is 8.98. The van der Waals surface area contributed by atoms with Crippen molar-refractivity contribution in [2.24, 2.45) is 11.7 Å². The second kappa shape index (κ2) is 10.7. The molecule has 5 nitrogen and oxygen atoms in total. The number of H-pyrrole nitrogens is 1. The fraction of sp³-hybridized carbons (Fsp3) is 0.444. The highest BCUT2D eigenvalue weighted by Gasteiger charge is 2.21. The first kappa shape index (κ1) is 22.4. The third-order valence-corrected chi connectivity index (χ3v) is 6.64. The van der Waals surface area contributed by atoms with E-state index < -0.39 is 5.91 Å². The number of nitrogens with one attached hydrogen (secondary N) is 1. The van der Waals surface area contributed by atoms with Crippen molar-refractivity contribution in [1.29, 1.82) is 0 Å². The number of aromatic amines is 1. The van der Waals surface area contributed by atoms with E-state index in [2.05, 4.69) is 53.2 Å². The fourth-order valence-corrected chi connectivity index (χ4v) is 4.75. The highest BCUT2D eigenvalue weighted by atomic mass is 16.5. The lowest BCUT2D eigenvalue weighted by Crippen LogP contribution is -2.35. The standard InChI is InChI=1S/C27H35N3O2/c1-2-3-17-32-22-9-10-25-24(19-22)23(26(29-25)27(28)31)13-16-30-14-11-21(12-15-30)18-20-7-5-4-6-8-20/h4-10,19,21,29H,2-3,11-18H2,1H3,(H2,28,31). The Morgan fingerprint density at radius 2 is 1.94 bits per heavy atom. The molecule has 4 rings (SSSR count). The van der Waals surface area contributed by atoms with Crippen molar-refractivity contribution in [2.75, 3.05) is 26.2 Å². The Morgan fingerprint density at radius 3 is 2.66 bits per heavy atom. The highest BCUT2D eigenvalue weighted by Crippen LogP contribution is 2.28. The van der Waals surface area contributed by atoms with Crippen LogP contribution < -0.4 is 10.5 Å². The number of nitrogens with zero attached hydrogens (tertiary/aromatic N) is 1. The molecule has 170 valence electrons. The molecule has 1 aliphatic rings. The fourth-order valence-electron chi connectivity index (χ4n) is 4.75. The zero-order valence-electron chi connectivity index (χ0n) is 19.1. The van der Waals surface area contributed by atoms with E-state index in [4.69, 9.17) is 10.5 Å². The molecule has 0 radical (unpaired) electrons. The Balaban J connectivity index is 1.39. The number of hydrogen-bond donors (Lipinski definition) is 2. The maximum Gasteiger partial charge on any atom is 0.265 e. The summed E-state index contributed by atoms with van der Waals surface area (Å²) >= 11 is 0. The zero-order valence-corrected chi connectivity index (χ0v) is 19.1. The topological polar surface area (TPSA) is 71.3 Å². The number of fused-ring (bicyclic) bond motifs is 1. The third kappa shape index (κ3) is 5.52. The van der Waals surface area contributed by atoms with Crippen molar-refractivity contribution in [2.45, 2.75) is 45.4 Å². The van der Waals surface area contributed by atoms with E-state index in [0.717, 1.165) is 67.0 Å². The Kier molecular flexibility index (Phi) is 7.48. The summed E-state index contributed by atoms with van der Waals surface area (Å²) in [4.78, 5) is 17.9. The summed E-state index contributed by atoms with van der Waals surface area (Å²) in [7, 11) is 0. The molecular formula is C27H35N3O2. The van der Waals surface area contributed by atoms with Crippen LogP contribution in [0.5, 0.6) is 5.75 Å². The van der Waals surface area contributed by atoms with Gasteiger partial charge in [-0.1, -0.05) is 43.7 Å². The zero-order chi connectivity index (χ0) is 22.3. The molecule has 0 saturated carbocycles. The predicted molar refractivity (Wildman–Crippen MR) is 130 cm³/mol. The van der Waals surface area contributed by atoms with Crippen LogP contribution in [0.2, 0.25) is 0 Å². The van der Waals surface area contributed by atoms with E-state index in [9.17, 15) is 4.79 Å². The van der Waals surface area contributed by atoms with Gasteiger partial charge in [-0.3, -0.25) is 4.79 Å². The van der Waals surface area contributed by atoms with E-state index in [1.807, 2.05) is 12.1 Å². The number of ether oxygens (including phenoxy) is 1. The van der Waals surface area contributed by atoms with Gasteiger partial charge in [-0.15, -0.1) is 0 Å². The van der Waals surface area contributed by atoms with E-state index in [1.165, 1.54) is 24.8 Å². The Morgan fingerprint density at radius 1 is 1.16 bits per heavy atom. The summed E-state index contributed by atoms with van der Waals surface area (Å²) in [6.45, 7) is 6.02. The number of primary amides is 1. The van der Waals surface area contributed by atoms with Crippen LogP contribution in [0, 0.1) is 5.92 Å². The van der Waals surface area contributed by atoms with Crippen LogP contribution in [0.4, 0.5) is 0 Å². The molecule has 1 aromatic heterocycles. The predicted octanol–water partition coefficient (Wildman–Crippen LogP) is 4.94. The second-order valence-electron chi connectivity index (χ2n) is 8.98. The van der Waals surface area contributed by atoms with E-state index >= 15 is 0 Å². The number of hydrogen-bond acceptors (Lipinski definition) is 3. The molecule has 1 fully saturated rings. The van der Waals surface area contributed by atoms with Gasteiger partial charge in [0.2, 0.25) is 0 Å². The van der Waals surface area contributed by atoms with Crippen molar-refractivity contribution in [3.63, 3.8) is 0 Å². The Hall–Kier alpha value is -2.79. The third-order valence-electron chi connectivity index (χ3n) is 6.64. The van der Waals surface area contributed by atoms with Crippen LogP contribution in [0.25, 0.3) is 10.9 Å². The van der Waals surface area contributed by atoms with Gasteiger partial charge in [0, 0.05) is 17.4 Å². The lowest BCUT2D eigenvalue weighted by molar-refractivity contribution is 0.0995. The molecule has 3 N–H and O–H groups in total. The minimum Gasteiger partial charge on any atom is -0.494 e. The number of benzene rings is 2. The summed E-state index contributed by atoms with van der Waals surface area (Å²) in [6, 6.07) is 16.8. The van der Waals surface area contributed by atoms with Crippen molar-refractivity contribution < 1.29 is 9.53 Å². The van der Waals surface area contributed by atoms with Crippen molar-refractivity contribution >= 4 is 16.8 Å². The van der Waals surface area contributed by atoms with Crippen LogP contribution in [-0.2, 0) is 12.8 Å². The van der Waals surface area contributed by atoms with Gasteiger partial charge in [-0.2, -0.15) is 0 Å². The lowest BCUT2D eigenvalue weighted by Gasteiger charge is -2.32. The first-order valence-corrected chi connectivity index (χ1v) is 12.0. The summed E-state index contributed by atoms with van der Waals surface area (Å²) < 4.78 is 5.89. The molecule has 1 saturated heterocycles. The van der Waals surface area contributed by atoms with Crippen LogP contribution in [-0.4, -0.2) is 42.0 Å². The average Bonchev–Trinajstić information content (AvgIpc) is 3.18. The number of rotatable bonds is 10. The largest absolute Gasteiger partial charge is 0.494 e. The van der Waals surface area contributed by atoms with Gasteiger partial charge in [0.1, 0.15) is 11.4 Å². The number of aromatic nitrogens is 1. The van der Waals surface area contributed by atoms with Gasteiger partial charge in [-0.25, -0.2) is 0 Å². The SMILES string of the molecule is CCCCOc1ccc2[nH]c(C(N)=O)c(CCN3CCC(Cc4ccccc4)CC3)c2c1. The molecule has 0 aliphatic carbocycles. The maximum atomic E-state index is 12.1. The van der Waals surface area contributed by atoms with E-state index in [-0.39, 0.29) is 0 Å². The number of likely N-dealkylation sites (tertiary alicyclic amines) is 1. The Bertz CT molecular complexity index is 1020. The van der Waals surface area contributed by atoms with Crippen molar-refractivity contribution in [3.05, 3.63) is 65.4 Å². The van der Waals surface area contributed by atoms with Gasteiger partial charge in [0.05, 0.1) is 6.61 Å². The molecule has 1 aliphatic heterocycles. The van der Waals surface area contributed by atoms with Gasteiger partial charge in [0.15, 0.2) is 0 Å². The van der Waals surface area contributed by atoms with Crippen molar-refractivity contribution in [1.82, 2.24) is 9.88 Å². The molecule has 2 heterocycles. The average molecular weight is 434 g/mol. The van der Waals surface area contributed by atoms with Gasteiger partial charge in [0.25, 0.3) is 5.91 Å². The van der Waals surface area contributed by atoms with Crippen LogP contribution in [0.3, 0.4) is 0 Å². The van der Waals surface area contributed by atoms with E-state index in [1.54, 1.807) is 0 Å². The molecule has 0 spiro atoms. The number of nitrogens with two attached hydrogens (primary N) is 1. The quantitative estimate of drug-likeness (QED) is 0.445. The molecule has 5 heteroatoms. The molecular weight excluding hydrogens is 398 g/mol. The smallest absolute Gasteiger partial charge is 0.265 e. The van der Waals surface area contributed by atoms with Crippen LogP contribution in [0.15, 0.2) is 48.5 Å². The number of carbonyl (C=O) groups excluding carboxylic acids is 1. The first-order chi connectivity index (χ1) is 15.6. The first-order valence-electron chi connectivity index (χ1n) is 12.0. The minimum absolute atomic E-state index is 0.397. The van der Waals surface area contributed by atoms with Crippen molar-refractivity contribution in [3.8, 4) is 5.75 Å². The van der Waals surface area contributed by atoms with Crippen LogP contribution in [0.1, 0.15) is 54.2 Å². The summed E-state index contributed by atoms with van der Waals surface area (Å²) in [5.41, 5.74) is 9.63. The number of amides is 1. The molecule has 3 aromatic rings. The van der Waals surface area contributed by atoms with Gasteiger partial charge >= 0.3 is 0 Å². The summed E-state index contributed by atoms with van der Waals surface area (Å²) in [5, 5.41) is 1.05. The number of carbonyl (C=O) groups is 1. The normalized spacial score (nSPS) is 15.3. The molecule has 2 aromatic carbocycles. The molecule has 32 heavy (non-hydrogen) atoms. The summed E-state index contributed by atoms with van der Waals surface area (Å²) in [6.07, 6.45) is 6.56. The van der Waals surface area contributed by atoms with Gasteiger partial charge < -0.3 is 20.4 Å². The molecule has 0 atom stereocenters. The minimum atomic E-state index is -0.397. The monoisotopic (exact) mass is 433 g/mol. The number of unbranched alkanes of at least 4 members (excludes halogenated alkanes) is 1. The van der Waals surface area contributed by atoms with E-state index in [0.29, 0.717) is 12.3 Å². The lowest BCUT2D eigenvalue weighted by atomic mass is 9.90.